The first-order valence-electron chi connectivity index (χ1n) is 3.96. The molecule has 1 aliphatic heterocycles. The Hall–Kier alpha value is 0.880. The van der Waals surface area contributed by atoms with Crippen molar-refractivity contribution in [2.24, 2.45) is 0 Å². The highest BCUT2D eigenvalue weighted by Gasteiger charge is 2.12. The van der Waals surface area contributed by atoms with Crippen LogP contribution >= 0.6 is 31.9 Å². The molecular weight excluding hydrogens is 272 g/mol. The van der Waals surface area contributed by atoms with E-state index in [-0.39, 0.29) is 0 Å². The normalized spacial score (nSPS) is 23.5. The van der Waals surface area contributed by atoms with E-state index in [0.717, 1.165) is 25.0 Å². The number of alkyl halides is 2. The molecule has 1 atom stereocenters. The van der Waals surface area contributed by atoms with Crippen LogP contribution in [-0.2, 0) is 0 Å². The maximum absolute atomic E-state index is 3.60. The number of hydrogen-bond donors (Lipinski definition) is 1. The number of piperazine rings is 1. The molecule has 0 aliphatic carbocycles. The third-order valence-electron chi connectivity index (χ3n) is 1.83. The van der Waals surface area contributed by atoms with Crippen molar-refractivity contribution < 1.29 is 0 Å². The molecule has 1 saturated heterocycles. The highest BCUT2D eigenvalue weighted by atomic mass is 79.9. The summed E-state index contributed by atoms with van der Waals surface area (Å²) in [4.78, 5) is 3.08. The lowest BCUT2D eigenvalue weighted by Gasteiger charge is -2.28. The molecule has 0 saturated carbocycles. The van der Waals surface area contributed by atoms with Gasteiger partial charge < -0.3 is 5.32 Å². The fourth-order valence-electron chi connectivity index (χ4n) is 1.22. The standard InChI is InChI=1S/C7H14Br2N2/c8-5-7(9)6-11-3-1-10-2-4-11/h7,10H,1-6H2. The zero-order valence-electron chi connectivity index (χ0n) is 6.52. The van der Waals surface area contributed by atoms with Crippen LogP contribution in [0.2, 0.25) is 0 Å². The van der Waals surface area contributed by atoms with Crippen LogP contribution in [0, 0.1) is 0 Å². The van der Waals surface area contributed by atoms with Gasteiger partial charge in [-0.25, -0.2) is 0 Å². The van der Waals surface area contributed by atoms with Gasteiger partial charge in [-0.05, 0) is 0 Å². The minimum absolute atomic E-state index is 0.598. The molecule has 1 rings (SSSR count). The van der Waals surface area contributed by atoms with Crippen LogP contribution in [0.25, 0.3) is 0 Å². The smallest absolute Gasteiger partial charge is 0.0370 e. The van der Waals surface area contributed by atoms with Crippen LogP contribution in [0.1, 0.15) is 0 Å². The Bertz CT molecular complexity index is 105. The maximum atomic E-state index is 3.60. The van der Waals surface area contributed by atoms with E-state index in [1.807, 2.05) is 0 Å². The monoisotopic (exact) mass is 284 g/mol. The van der Waals surface area contributed by atoms with Gasteiger partial charge in [0.1, 0.15) is 0 Å². The van der Waals surface area contributed by atoms with Gasteiger partial charge in [-0.2, -0.15) is 0 Å². The average molecular weight is 286 g/mol. The number of hydrogen-bond acceptors (Lipinski definition) is 2. The third kappa shape index (κ3) is 3.87. The lowest BCUT2D eigenvalue weighted by atomic mass is 10.3. The van der Waals surface area contributed by atoms with Crippen molar-refractivity contribution in [2.45, 2.75) is 4.83 Å². The highest BCUT2D eigenvalue weighted by Crippen LogP contribution is 2.06. The summed E-state index contributed by atoms with van der Waals surface area (Å²) >= 11 is 7.06. The first kappa shape index (κ1) is 9.96. The Morgan fingerprint density at radius 3 is 2.55 bits per heavy atom. The Kier molecular flexibility index (Phi) is 4.99. The molecule has 0 amide bonds. The molecule has 0 aromatic carbocycles. The minimum atomic E-state index is 0.598. The van der Waals surface area contributed by atoms with E-state index in [1.54, 1.807) is 0 Å². The van der Waals surface area contributed by atoms with Crippen LogP contribution in [0.4, 0.5) is 0 Å². The summed E-state index contributed by atoms with van der Waals surface area (Å²) in [6.45, 7) is 5.82. The van der Waals surface area contributed by atoms with Gasteiger partial charge in [-0.15, -0.1) is 0 Å². The fourth-order valence-corrected chi connectivity index (χ4v) is 1.84. The van der Waals surface area contributed by atoms with Gasteiger partial charge in [0.25, 0.3) is 0 Å². The lowest BCUT2D eigenvalue weighted by Crippen LogP contribution is -2.45. The van der Waals surface area contributed by atoms with Gasteiger partial charge >= 0.3 is 0 Å². The van der Waals surface area contributed by atoms with Crippen LogP contribution in [0.5, 0.6) is 0 Å². The second-order valence-corrected chi connectivity index (χ2v) is 4.74. The first-order chi connectivity index (χ1) is 5.33. The minimum Gasteiger partial charge on any atom is -0.314 e. The van der Waals surface area contributed by atoms with Crippen LogP contribution in [0.15, 0.2) is 0 Å². The predicted molar refractivity (Wildman–Crippen MR) is 55.8 cm³/mol. The SMILES string of the molecule is BrCC(Br)CN1CCNCC1. The van der Waals surface area contributed by atoms with Crippen molar-refractivity contribution in [3.8, 4) is 0 Å². The molecule has 0 aromatic rings. The molecule has 1 N–H and O–H groups in total. The second-order valence-electron chi connectivity index (χ2n) is 2.80. The van der Waals surface area contributed by atoms with Gasteiger partial charge in [-0.3, -0.25) is 4.90 Å². The van der Waals surface area contributed by atoms with Crippen molar-refractivity contribution in [1.29, 1.82) is 0 Å². The quantitative estimate of drug-likeness (QED) is 0.780. The molecule has 1 heterocycles. The average Bonchev–Trinajstić information content (AvgIpc) is 2.06. The van der Waals surface area contributed by atoms with E-state index in [2.05, 4.69) is 42.1 Å². The largest absolute Gasteiger partial charge is 0.314 e. The molecule has 2 nitrogen and oxygen atoms in total. The van der Waals surface area contributed by atoms with E-state index in [0.29, 0.717) is 4.83 Å². The molecule has 1 unspecified atom stereocenters. The molecule has 1 aliphatic rings. The predicted octanol–water partition coefficient (Wildman–Crippen LogP) is 1.05. The molecule has 0 spiro atoms. The van der Waals surface area contributed by atoms with E-state index < -0.39 is 0 Å². The van der Waals surface area contributed by atoms with Crippen LogP contribution < -0.4 is 5.32 Å². The maximum Gasteiger partial charge on any atom is 0.0370 e. The van der Waals surface area contributed by atoms with Crippen LogP contribution in [-0.4, -0.2) is 47.8 Å². The van der Waals surface area contributed by atoms with Crippen LogP contribution in [0.3, 0.4) is 0 Å². The Morgan fingerprint density at radius 2 is 2.00 bits per heavy atom. The van der Waals surface area contributed by atoms with Crippen molar-refractivity contribution in [1.82, 2.24) is 10.2 Å². The Labute approximate surface area is 85.0 Å². The van der Waals surface area contributed by atoms with Crippen molar-refractivity contribution >= 4 is 31.9 Å². The number of nitrogens with one attached hydrogen (secondary N) is 1. The van der Waals surface area contributed by atoms with Gasteiger partial charge in [0.15, 0.2) is 0 Å². The summed E-state index contributed by atoms with van der Waals surface area (Å²) in [7, 11) is 0. The van der Waals surface area contributed by atoms with Crippen molar-refractivity contribution in [2.75, 3.05) is 38.1 Å². The van der Waals surface area contributed by atoms with E-state index in [4.69, 9.17) is 0 Å². The Morgan fingerprint density at radius 1 is 1.36 bits per heavy atom. The summed E-state index contributed by atoms with van der Waals surface area (Å²) in [5.74, 6) is 0. The molecule has 4 heteroatoms. The summed E-state index contributed by atoms with van der Waals surface area (Å²) in [5.41, 5.74) is 0. The second kappa shape index (κ2) is 5.51. The van der Waals surface area contributed by atoms with E-state index >= 15 is 0 Å². The number of halogens is 2. The summed E-state index contributed by atoms with van der Waals surface area (Å²) < 4.78 is 0. The summed E-state index contributed by atoms with van der Waals surface area (Å²) in [6, 6.07) is 0. The molecule has 0 radical (unpaired) electrons. The molecule has 11 heavy (non-hydrogen) atoms. The van der Waals surface area contributed by atoms with E-state index in [9.17, 15) is 0 Å². The van der Waals surface area contributed by atoms with Crippen molar-refractivity contribution in [3.63, 3.8) is 0 Å². The molecule has 1 fully saturated rings. The van der Waals surface area contributed by atoms with Gasteiger partial charge in [-0.1, -0.05) is 31.9 Å². The number of rotatable bonds is 3. The molecule has 66 valence electrons. The number of nitrogens with zero attached hydrogens (tertiary/aromatic N) is 1. The highest BCUT2D eigenvalue weighted by molar-refractivity contribution is 9.12. The summed E-state index contributed by atoms with van der Waals surface area (Å²) in [5, 5.41) is 4.38. The molecule has 0 bridgehead atoms. The zero-order chi connectivity index (χ0) is 8.10. The third-order valence-corrected chi connectivity index (χ3v) is 4.10. The lowest BCUT2D eigenvalue weighted by molar-refractivity contribution is 0.246. The van der Waals surface area contributed by atoms with Gasteiger partial charge in [0.05, 0.1) is 0 Å². The van der Waals surface area contributed by atoms with Gasteiger partial charge in [0, 0.05) is 42.9 Å². The topological polar surface area (TPSA) is 15.3 Å². The summed E-state index contributed by atoms with van der Waals surface area (Å²) in [6.07, 6.45) is 0. The first-order valence-corrected chi connectivity index (χ1v) is 5.99. The zero-order valence-corrected chi connectivity index (χ0v) is 9.70. The van der Waals surface area contributed by atoms with Crippen molar-refractivity contribution in [3.05, 3.63) is 0 Å². The Balaban J connectivity index is 2.13. The molecular formula is C7H14Br2N2. The molecule has 0 aromatic heterocycles. The van der Waals surface area contributed by atoms with E-state index in [1.165, 1.54) is 13.1 Å². The fraction of sp³-hybridized carbons (Fsp3) is 1.00. The van der Waals surface area contributed by atoms with Gasteiger partial charge in [0.2, 0.25) is 0 Å².